The lowest BCUT2D eigenvalue weighted by atomic mass is 9.89. The summed E-state index contributed by atoms with van der Waals surface area (Å²) in [6.07, 6.45) is 5.61. The normalized spacial score (nSPS) is 18.5. The second kappa shape index (κ2) is 11.4. The van der Waals surface area contributed by atoms with Crippen LogP contribution >= 0.6 is 0 Å². The first-order chi connectivity index (χ1) is 15.7. The molecule has 2 aliphatic rings. The van der Waals surface area contributed by atoms with Crippen LogP contribution in [0.1, 0.15) is 49.1 Å². The van der Waals surface area contributed by atoms with Crippen LogP contribution in [0.5, 0.6) is 5.75 Å². The lowest BCUT2D eigenvalue weighted by Gasteiger charge is -2.33. The molecule has 0 aliphatic carbocycles. The van der Waals surface area contributed by atoms with E-state index in [1.165, 1.54) is 24.0 Å². The SMILES string of the molecule is COc1ccc(C2CCN(C(=O)NCCC3CCN(Cc4ccccc4)CC3)CC2)cc1. The summed E-state index contributed by atoms with van der Waals surface area (Å²) in [6.45, 7) is 5.83. The number of carbonyl (C=O) groups is 1. The summed E-state index contributed by atoms with van der Waals surface area (Å²) in [6, 6.07) is 19.2. The minimum Gasteiger partial charge on any atom is -0.497 e. The number of carbonyl (C=O) groups excluding carboxylic acids is 1. The second-order valence-electron chi connectivity index (χ2n) is 9.26. The van der Waals surface area contributed by atoms with E-state index in [2.05, 4.69) is 52.7 Å². The fourth-order valence-electron chi connectivity index (χ4n) is 5.06. The Labute approximate surface area is 192 Å². The molecular weight excluding hydrogens is 398 g/mol. The van der Waals surface area contributed by atoms with Crippen molar-refractivity contribution in [1.82, 2.24) is 15.1 Å². The lowest BCUT2D eigenvalue weighted by Crippen LogP contribution is -2.44. The number of ether oxygens (including phenoxy) is 1. The average Bonchev–Trinajstić information content (AvgIpc) is 2.86. The van der Waals surface area contributed by atoms with Crippen molar-refractivity contribution in [2.45, 2.75) is 44.6 Å². The summed E-state index contributed by atoms with van der Waals surface area (Å²) >= 11 is 0. The van der Waals surface area contributed by atoms with Crippen LogP contribution in [0.4, 0.5) is 4.79 Å². The van der Waals surface area contributed by atoms with Gasteiger partial charge in [-0.15, -0.1) is 0 Å². The van der Waals surface area contributed by atoms with Crippen molar-refractivity contribution in [1.29, 1.82) is 0 Å². The standard InChI is InChI=1S/C27H37N3O2/c1-32-26-9-7-24(8-10-26)25-14-19-30(20-15-25)27(31)28-16-11-22-12-17-29(18-13-22)21-23-5-3-2-4-6-23/h2-10,22,25H,11-21H2,1H3,(H,28,31). The van der Waals surface area contributed by atoms with Crippen LogP contribution < -0.4 is 10.1 Å². The first kappa shape index (κ1) is 22.7. The van der Waals surface area contributed by atoms with E-state index in [0.29, 0.717) is 5.92 Å². The van der Waals surface area contributed by atoms with Gasteiger partial charge >= 0.3 is 6.03 Å². The van der Waals surface area contributed by atoms with Gasteiger partial charge < -0.3 is 15.0 Å². The molecule has 0 aromatic heterocycles. The summed E-state index contributed by atoms with van der Waals surface area (Å²) in [4.78, 5) is 17.2. The maximum Gasteiger partial charge on any atom is 0.317 e. The van der Waals surface area contributed by atoms with Gasteiger partial charge in [0.15, 0.2) is 0 Å². The summed E-state index contributed by atoms with van der Waals surface area (Å²) in [7, 11) is 1.70. The average molecular weight is 436 g/mol. The number of nitrogens with zero attached hydrogens (tertiary/aromatic N) is 2. The Balaban J connectivity index is 1.11. The monoisotopic (exact) mass is 435 g/mol. The Kier molecular flexibility index (Phi) is 8.05. The number of hydrogen-bond acceptors (Lipinski definition) is 3. The minimum absolute atomic E-state index is 0.111. The third-order valence-electron chi connectivity index (χ3n) is 7.15. The number of rotatable bonds is 7. The third-order valence-corrected chi connectivity index (χ3v) is 7.15. The van der Waals surface area contributed by atoms with Crippen LogP contribution in [0.25, 0.3) is 0 Å². The molecule has 0 spiro atoms. The largest absolute Gasteiger partial charge is 0.497 e. The molecule has 172 valence electrons. The summed E-state index contributed by atoms with van der Waals surface area (Å²) in [5.74, 6) is 2.15. The number of methoxy groups -OCH3 is 1. The molecule has 5 nitrogen and oxygen atoms in total. The molecule has 0 bridgehead atoms. The summed E-state index contributed by atoms with van der Waals surface area (Å²) in [5, 5.41) is 3.18. The van der Waals surface area contributed by atoms with E-state index < -0.39 is 0 Å². The van der Waals surface area contributed by atoms with Gasteiger partial charge in [-0.2, -0.15) is 0 Å². The van der Waals surface area contributed by atoms with E-state index >= 15 is 0 Å². The quantitative estimate of drug-likeness (QED) is 0.674. The zero-order chi connectivity index (χ0) is 22.2. The van der Waals surface area contributed by atoms with E-state index in [0.717, 1.165) is 70.2 Å². The zero-order valence-corrected chi connectivity index (χ0v) is 19.3. The Bertz CT molecular complexity index is 824. The molecule has 2 saturated heterocycles. The molecule has 2 amide bonds. The highest BCUT2D eigenvalue weighted by atomic mass is 16.5. The van der Waals surface area contributed by atoms with Crippen LogP contribution in [0, 0.1) is 5.92 Å². The molecular formula is C27H37N3O2. The second-order valence-corrected chi connectivity index (χ2v) is 9.26. The van der Waals surface area contributed by atoms with E-state index in [9.17, 15) is 4.79 Å². The van der Waals surface area contributed by atoms with Gasteiger partial charge in [-0.1, -0.05) is 42.5 Å². The molecule has 2 heterocycles. The van der Waals surface area contributed by atoms with Crippen molar-refractivity contribution in [3.63, 3.8) is 0 Å². The van der Waals surface area contributed by atoms with Gasteiger partial charge in [0.05, 0.1) is 7.11 Å². The number of benzene rings is 2. The fraction of sp³-hybridized carbons (Fsp3) is 0.519. The van der Waals surface area contributed by atoms with Crippen molar-refractivity contribution in [3.05, 3.63) is 65.7 Å². The molecule has 2 aromatic carbocycles. The predicted molar refractivity (Wildman–Crippen MR) is 129 cm³/mol. The first-order valence-electron chi connectivity index (χ1n) is 12.1. The number of urea groups is 1. The van der Waals surface area contributed by atoms with Gasteiger partial charge in [-0.25, -0.2) is 4.79 Å². The molecule has 4 rings (SSSR count). The van der Waals surface area contributed by atoms with Gasteiger partial charge in [0.2, 0.25) is 0 Å². The predicted octanol–water partition coefficient (Wildman–Crippen LogP) is 4.89. The van der Waals surface area contributed by atoms with Gasteiger partial charge in [0, 0.05) is 26.2 Å². The van der Waals surface area contributed by atoms with Crippen molar-refractivity contribution >= 4 is 6.03 Å². The van der Waals surface area contributed by atoms with Gasteiger partial charge in [0.1, 0.15) is 5.75 Å². The van der Waals surface area contributed by atoms with E-state index in [1.807, 2.05) is 17.0 Å². The first-order valence-corrected chi connectivity index (χ1v) is 12.1. The molecule has 2 fully saturated rings. The van der Waals surface area contributed by atoms with Crippen LogP contribution in [0.3, 0.4) is 0 Å². The molecule has 1 N–H and O–H groups in total. The van der Waals surface area contributed by atoms with Gasteiger partial charge in [-0.05, 0) is 80.3 Å². The van der Waals surface area contributed by atoms with Crippen molar-refractivity contribution < 1.29 is 9.53 Å². The highest BCUT2D eigenvalue weighted by Crippen LogP contribution is 2.29. The summed E-state index contributed by atoms with van der Waals surface area (Å²) < 4.78 is 5.25. The topological polar surface area (TPSA) is 44.8 Å². The van der Waals surface area contributed by atoms with Crippen LogP contribution in [0.2, 0.25) is 0 Å². The van der Waals surface area contributed by atoms with Crippen LogP contribution in [-0.2, 0) is 6.54 Å². The van der Waals surface area contributed by atoms with Gasteiger partial charge in [-0.3, -0.25) is 4.90 Å². The molecule has 5 heteroatoms. The Morgan fingerprint density at radius 1 is 0.938 bits per heavy atom. The van der Waals surface area contributed by atoms with E-state index in [-0.39, 0.29) is 6.03 Å². The smallest absolute Gasteiger partial charge is 0.317 e. The minimum atomic E-state index is 0.111. The number of likely N-dealkylation sites (tertiary alicyclic amines) is 2. The van der Waals surface area contributed by atoms with E-state index in [1.54, 1.807) is 7.11 Å². The van der Waals surface area contributed by atoms with Crippen molar-refractivity contribution in [3.8, 4) is 5.75 Å². The third kappa shape index (κ3) is 6.26. The summed E-state index contributed by atoms with van der Waals surface area (Å²) in [5.41, 5.74) is 2.75. The maximum atomic E-state index is 12.6. The maximum absolute atomic E-state index is 12.6. The number of nitrogens with one attached hydrogen (secondary N) is 1. The Hall–Kier alpha value is -2.53. The Morgan fingerprint density at radius 3 is 2.28 bits per heavy atom. The van der Waals surface area contributed by atoms with Gasteiger partial charge in [0.25, 0.3) is 0 Å². The zero-order valence-electron chi connectivity index (χ0n) is 19.3. The molecule has 0 atom stereocenters. The number of hydrogen-bond donors (Lipinski definition) is 1. The molecule has 2 aliphatic heterocycles. The highest BCUT2D eigenvalue weighted by molar-refractivity contribution is 5.74. The van der Waals surface area contributed by atoms with Crippen LogP contribution in [0.15, 0.2) is 54.6 Å². The molecule has 0 unspecified atom stereocenters. The van der Waals surface area contributed by atoms with Crippen molar-refractivity contribution in [2.75, 3.05) is 39.8 Å². The Morgan fingerprint density at radius 2 is 1.62 bits per heavy atom. The van der Waals surface area contributed by atoms with Crippen molar-refractivity contribution in [2.24, 2.45) is 5.92 Å². The number of piperidine rings is 2. The lowest BCUT2D eigenvalue weighted by molar-refractivity contribution is 0.166. The highest BCUT2D eigenvalue weighted by Gasteiger charge is 2.24. The number of amides is 2. The molecule has 0 saturated carbocycles. The molecule has 32 heavy (non-hydrogen) atoms. The van der Waals surface area contributed by atoms with E-state index in [4.69, 9.17) is 4.74 Å². The fourth-order valence-corrected chi connectivity index (χ4v) is 5.06. The van der Waals surface area contributed by atoms with Crippen LogP contribution in [-0.4, -0.2) is 55.7 Å². The molecule has 2 aromatic rings. The molecule has 0 radical (unpaired) electrons.